The first-order valence-corrected chi connectivity index (χ1v) is 14.1. The predicted octanol–water partition coefficient (Wildman–Crippen LogP) is 5.46. The lowest BCUT2D eigenvalue weighted by atomic mass is 9.92. The minimum Gasteiger partial charge on any atom is -0.343 e. The van der Waals surface area contributed by atoms with Gasteiger partial charge in [0.1, 0.15) is 6.04 Å². The van der Waals surface area contributed by atoms with E-state index in [9.17, 15) is 24.5 Å². The largest absolute Gasteiger partial charge is 0.343 e. The number of carbonyl (C=O) groups is 3. The van der Waals surface area contributed by atoms with Gasteiger partial charge >= 0.3 is 0 Å². The molecular formula is C34H29N5O5. The second-order valence-electron chi connectivity index (χ2n) is 10.8. The van der Waals surface area contributed by atoms with E-state index in [0.29, 0.717) is 11.1 Å². The molecule has 0 bridgehead atoms. The number of carbonyl (C=O) groups excluding carboxylic acids is 3. The molecule has 1 aliphatic rings. The third kappa shape index (κ3) is 4.66. The summed E-state index contributed by atoms with van der Waals surface area (Å²) in [6, 6.07) is 27.6. The van der Waals surface area contributed by atoms with E-state index in [4.69, 9.17) is 0 Å². The van der Waals surface area contributed by atoms with Crippen molar-refractivity contribution in [3.05, 3.63) is 135 Å². The molecule has 2 atom stereocenters. The molecule has 1 aromatic heterocycles. The van der Waals surface area contributed by atoms with E-state index in [-0.39, 0.29) is 17.2 Å². The molecule has 6 rings (SSSR count). The van der Waals surface area contributed by atoms with Gasteiger partial charge < -0.3 is 9.47 Å². The van der Waals surface area contributed by atoms with Crippen molar-refractivity contribution in [3.8, 4) is 11.3 Å². The number of hydrazine groups is 1. The number of hydrogen-bond donors (Lipinski definition) is 2. The number of rotatable bonds is 6. The van der Waals surface area contributed by atoms with E-state index in [1.807, 2.05) is 73.8 Å². The fourth-order valence-electron chi connectivity index (χ4n) is 6.10. The molecule has 44 heavy (non-hydrogen) atoms. The van der Waals surface area contributed by atoms with Crippen LogP contribution >= 0.6 is 0 Å². The summed E-state index contributed by atoms with van der Waals surface area (Å²) < 4.78 is 2.11. The van der Waals surface area contributed by atoms with Crippen LogP contribution in [0.5, 0.6) is 0 Å². The van der Waals surface area contributed by atoms with Gasteiger partial charge in [0.15, 0.2) is 0 Å². The van der Waals surface area contributed by atoms with Crippen molar-refractivity contribution in [2.75, 3.05) is 0 Å². The van der Waals surface area contributed by atoms with Crippen molar-refractivity contribution in [2.45, 2.75) is 25.9 Å². The SMILES string of the molecule is Cc1cc(C(=O)NNC(=O)C(C)N2C(=O)c3ccccc3C2c2c(-c3ccccc3)n(C)c3ccccc23)ccc1[N+](=O)[O-]. The van der Waals surface area contributed by atoms with Gasteiger partial charge in [0.25, 0.3) is 23.4 Å². The Morgan fingerprint density at radius 1 is 0.909 bits per heavy atom. The van der Waals surface area contributed by atoms with Gasteiger partial charge in [-0.2, -0.15) is 0 Å². The van der Waals surface area contributed by atoms with Gasteiger partial charge in [-0.1, -0.05) is 66.7 Å². The highest BCUT2D eigenvalue weighted by Gasteiger charge is 2.44. The number of aryl methyl sites for hydroxylation is 2. The Morgan fingerprint density at radius 2 is 1.59 bits per heavy atom. The van der Waals surface area contributed by atoms with Gasteiger partial charge in [-0.15, -0.1) is 0 Å². The molecule has 220 valence electrons. The highest BCUT2D eigenvalue weighted by molar-refractivity contribution is 6.05. The summed E-state index contributed by atoms with van der Waals surface area (Å²) in [6.45, 7) is 3.16. The number of nitro benzene ring substituents is 1. The van der Waals surface area contributed by atoms with Crippen molar-refractivity contribution in [2.24, 2.45) is 7.05 Å². The number of aromatic nitrogens is 1. The quantitative estimate of drug-likeness (QED) is 0.202. The topological polar surface area (TPSA) is 127 Å². The molecule has 2 heterocycles. The monoisotopic (exact) mass is 587 g/mol. The van der Waals surface area contributed by atoms with E-state index in [0.717, 1.165) is 33.3 Å². The second-order valence-corrected chi connectivity index (χ2v) is 10.8. The summed E-state index contributed by atoms with van der Waals surface area (Å²) in [4.78, 5) is 52.6. The Morgan fingerprint density at radius 3 is 2.32 bits per heavy atom. The van der Waals surface area contributed by atoms with Gasteiger partial charge in [0.05, 0.1) is 16.7 Å². The number of nitrogens with one attached hydrogen (secondary N) is 2. The van der Waals surface area contributed by atoms with Crippen molar-refractivity contribution < 1.29 is 19.3 Å². The van der Waals surface area contributed by atoms with Gasteiger partial charge in [-0.25, -0.2) is 0 Å². The van der Waals surface area contributed by atoms with Gasteiger partial charge in [0.2, 0.25) is 0 Å². The predicted molar refractivity (Wildman–Crippen MR) is 166 cm³/mol. The molecule has 0 saturated heterocycles. The van der Waals surface area contributed by atoms with Crippen molar-refractivity contribution in [3.63, 3.8) is 0 Å². The Balaban J connectivity index is 1.37. The van der Waals surface area contributed by atoms with Gasteiger partial charge in [0, 0.05) is 46.3 Å². The van der Waals surface area contributed by atoms with Crippen molar-refractivity contribution in [1.82, 2.24) is 20.3 Å². The number of benzene rings is 4. The minimum atomic E-state index is -0.985. The number of fused-ring (bicyclic) bond motifs is 2. The average molecular weight is 588 g/mol. The molecule has 0 spiro atoms. The molecule has 0 saturated carbocycles. The van der Waals surface area contributed by atoms with Crippen molar-refractivity contribution >= 4 is 34.3 Å². The summed E-state index contributed by atoms with van der Waals surface area (Å²) in [5, 5.41) is 12.1. The van der Waals surface area contributed by atoms with Crippen LogP contribution in [0.1, 0.15) is 50.4 Å². The molecule has 0 aliphatic carbocycles. The lowest BCUT2D eigenvalue weighted by Gasteiger charge is -2.31. The van der Waals surface area contributed by atoms with E-state index in [1.165, 1.54) is 25.1 Å². The standard InChI is InChI=1S/C34H29N5O5/c1-20-19-23(17-18-27(20)39(43)44)33(41)36-35-32(40)21(2)38-31(24-13-7-8-14-25(24)34(38)42)29-26-15-9-10-16-28(26)37(3)30(29)22-11-5-4-6-12-22/h4-19,21,31H,1-3H3,(H,35,40)(H,36,41). The van der Waals surface area contributed by atoms with E-state index in [2.05, 4.69) is 15.4 Å². The zero-order valence-corrected chi connectivity index (χ0v) is 24.3. The fraction of sp³-hybridized carbons (Fsp3) is 0.147. The number of nitrogens with zero attached hydrogens (tertiary/aromatic N) is 3. The molecule has 2 unspecified atom stereocenters. The number of nitro groups is 1. The summed E-state index contributed by atoms with van der Waals surface area (Å²) in [5.74, 6) is -1.53. The molecular weight excluding hydrogens is 558 g/mol. The summed E-state index contributed by atoms with van der Waals surface area (Å²) in [7, 11) is 1.99. The maximum Gasteiger partial charge on any atom is 0.272 e. The van der Waals surface area contributed by atoms with Crippen LogP contribution in [0.3, 0.4) is 0 Å². The molecule has 0 radical (unpaired) electrons. The van der Waals surface area contributed by atoms with Crippen LogP contribution in [0.15, 0.2) is 97.1 Å². The lowest BCUT2D eigenvalue weighted by molar-refractivity contribution is -0.385. The maximum absolute atomic E-state index is 14.0. The van der Waals surface area contributed by atoms with Gasteiger partial charge in [-0.05, 0) is 49.2 Å². The molecule has 5 aromatic rings. The van der Waals surface area contributed by atoms with Crippen LogP contribution in [0, 0.1) is 17.0 Å². The zero-order valence-electron chi connectivity index (χ0n) is 24.3. The third-order valence-corrected chi connectivity index (χ3v) is 8.22. The Kier molecular flexibility index (Phi) is 7.18. The highest BCUT2D eigenvalue weighted by atomic mass is 16.6. The van der Waals surface area contributed by atoms with Crippen LogP contribution < -0.4 is 10.9 Å². The number of amides is 3. The Labute approximate surface area is 253 Å². The average Bonchev–Trinajstić information content (AvgIpc) is 3.49. The van der Waals surface area contributed by atoms with E-state index < -0.39 is 28.8 Å². The van der Waals surface area contributed by atoms with E-state index >= 15 is 0 Å². The molecule has 3 amide bonds. The third-order valence-electron chi connectivity index (χ3n) is 8.22. The van der Waals surface area contributed by atoms with Crippen LogP contribution in [-0.4, -0.2) is 38.2 Å². The second kappa shape index (κ2) is 11.1. The summed E-state index contributed by atoms with van der Waals surface area (Å²) in [6.07, 6.45) is 0. The number of hydrogen-bond acceptors (Lipinski definition) is 5. The maximum atomic E-state index is 14.0. The van der Waals surface area contributed by atoms with Crippen LogP contribution in [-0.2, 0) is 11.8 Å². The Hall–Kier alpha value is -5.77. The Bertz CT molecular complexity index is 1970. The lowest BCUT2D eigenvalue weighted by Crippen LogP contribution is -2.52. The normalized spacial score (nSPS) is 14.8. The van der Waals surface area contributed by atoms with Crippen LogP contribution in [0.25, 0.3) is 22.2 Å². The van der Waals surface area contributed by atoms with Crippen LogP contribution in [0.2, 0.25) is 0 Å². The zero-order chi connectivity index (χ0) is 31.1. The first kappa shape index (κ1) is 28.4. The molecule has 1 aliphatic heterocycles. The first-order chi connectivity index (χ1) is 21.2. The first-order valence-electron chi connectivity index (χ1n) is 14.1. The summed E-state index contributed by atoms with van der Waals surface area (Å²) in [5.41, 5.74) is 10.3. The smallest absolute Gasteiger partial charge is 0.272 e. The fourth-order valence-corrected chi connectivity index (χ4v) is 6.10. The van der Waals surface area contributed by atoms with Gasteiger partial charge in [-0.3, -0.25) is 35.3 Å². The molecule has 0 fully saturated rings. The van der Waals surface area contributed by atoms with Crippen molar-refractivity contribution in [1.29, 1.82) is 0 Å². The molecule has 10 nitrogen and oxygen atoms in total. The van der Waals surface area contributed by atoms with E-state index in [1.54, 1.807) is 24.0 Å². The summed E-state index contributed by atoms with van der Waals surface area (Å²) >= 11 is 0. The molecule has 10 heteroatoms. The highest BCUT2D eigenvalue weighted by Crippen LogP contribution is 2.47. The molecule has 4 aromatic carbocycles. The van der Waals surface area contributed by atoms with Crippen LogP contribution in [0.4, 0.5) is 5.69 Å². The minimum absolute atomic E-state index is 0.110. The molecule has 2 N–H and O–H groups in total. The number of para-hydroxylation sites is 1.